The van der Waals surface area contributed by atoms with Crippen molar-refractivity contribution in [1.29, 1.82) is 0 Å². The van der Waals surface area contributed by atoms with Crippen LogP contribution < -0.4 is 10.9 Å². The van der Waals surface area contributed by atoms with Gasteiger partial charge in [0.2, 0.25) is 5.91 Å². The molecule has 3 aromatic rings. The zero-order valence-electron chi connectivity index (χ0n) is 16.4. The molecule has 0 aliphatic carbocycles. The molecule has 2 amide bonds. The molecule has 0 saturated heterocycles. The lowest BCUT2D eigenvalue weighted by atomic mass is 10.2. The number of carbonyl (C=O) groups excluding carboxylic acids is 2. The van der Waals surface area contributed by atoms with Gasteiger partial charge in [0.25, 0.3) is 5.91 Å². The maximum atomic E-state index is 13.0. The average molecular weight is 427 g/mol. The number of halogens is 1. The minimum absolute atomic E-state index is 0.261. The zero-order chi connectivity index (χ0) is 21.2. The van der Waals surface area contributed by atoms with E-state index in [0.29, 0.717) is 24.5 Å². The molecule has 2 N–H and O–H groups in total. The fourth-order valence-corrected chi connectivity index (χ4v) is 3.66. The number of hydrogen-bond donors (Lipinski definition) is 2. The number of thiophene rings is 1. The van der Waals surface area contributed by atoms with Gasteiger partial charge in [0.15, 0.2) is 0 Å². The fourth-order valence-electron chi connectivity index (χ4n) is 2.75. The summed E-state index contributed by atoms with van der Waals surface area (Å²) in [5.74, 6) is -0.969. The summed E-state index contributed by atoms with van der Waals surface area (Å²) in [5, 5.41) is 0. The first-order valence-electron chi connectivity index (χ1n) is 9.68. The highest BCUT2D eigenvalue weighted by atomic mass is 32.1. The van der Waals surface area contributed by atoms with E-state index in [4.69, 9.17) is 4.74 Å². The molecule has 1 heterocycles. The van der Waals surface area contributed by atoms with Crippen molar-refractivity contribution in [3.63, 3.8) is 0 Å². The molecular weight excluding hydrogens is 403 g/mol. The van der Waals surface area contributed by atoms with Gasteiger partial charge in [-0.15, -0.1) is 11.3 Å². The first-order valence-corrected chi connectivity index (χ1v) is 10.5. The van der Waals surface area contributed by atoms with E-state index in [1.54, 1.807) is 24.3 Å². The van der Waals surface area contributed by atoms with Gasteiger partial charge in [0, 0.05) is 17.9 Å². The van der Waals surface area contributed by atoms with E-state index in [2.05, 4.69) is 23.0 Å². The number of benzene rings is 2. The lowest BCUT2D eigenvalue weighted by Crippen LogP contribution is -2.41. The largest absolute Gasteiger partial charge is 0.381 e. The van der Waals surface area contributed by atoms with E-state index < -0.39 is 0 Å². The minimum Gasteiger partial charge on any atom is -0.381 e. The van der Waals surface area contributed by atoms with Gasteiger partial charge >= 0.3 is 0 Å². The number of nitrogens with one attached hydrogen (secondary N) is 2. The maximum absolute atomic E-state index is 13.0. The van der Waals surface area contributed by atoms with Crippen molar-refractivity contribution in [3.8, 4) is 10.4 Å². The van der Waals surface area contributed by atoms with Gasteiger partial charge in [-0.2, -0.15) is 0 Å². The quantitative estimate of drug-likeness (QED) is 0.395. The van der Waals surface area contributed by atoms with Crippen LogP contribution in [0.2, 0.25) is 0 Å². The summed E-state index contributed by atoms with van der Waals surface area (Å²) in [7, 11) is 0. The molecule has 0 radical (unpaired) electrons. The van der Waals surface area contributed by atoms with Crippen molar-refractivity contribution in [2.24, 2.45) is 0 Å². The van der Waals surface area contributed by atoms with E-state index in [1.807, 2.05) is 18.2 Å². The summed E-state index contributed by atoms with van der Waals surface area (Å²) in [5.41, 5.74) is 6.88. The van der Waals surface area contributed by atoms with Crippen LogP contribution in [0.25, 0.3) is 10.4 Å². The molecule has 1 aromatic heterocycles. The molecule has 5 nitrogen and oxygen atoms in total. The Bertz CT molecular complexity index is 958. The average Bonchev–Trinajstić information content (AvgIpc) is 3.26. The lowest BCUT2D eigenvalue weighted by molar-refractivity contribution is -0.122. The smallest absolute Gasteiger partial charge is 0.279 e. The number of ether oxygens (including phenoxy) is 1. The number of hydrogen-bond acceptors (Lipinski definition) is 4. The van der Waals surface area contributed by atoms with Crippen molar-refractivity contribution >= 4 is 23.2 Å². The topological polar surface area (TPSA) is 67.4 Å². The van der Waals surface area contributed by atoms with Gasteiger partial charge in [0.1, 0.15) is 5.82 Å². The lowest BCUT2D eigenvalue weighted by Gasteiger charge is -2.07. The molecule has 30 heavy (non-hydrogen) atoms. The second-order valence-electron chi connectivity index (χ2n) is 6.62. The first-order chi connectivity index (χ1) is 14.6. The maximum Gasteiger partial charge on any atom is 0.279 e. The van der Waals surface area contributed by atoms with Gasteiger partial charge in [-0.25, -0.2) is 4.39 Å². The normalized spacial score (nSPS) is 10.6. The third-order valence-electron chi connectivity index (χ3n) is 4.34. The second-order valence-corrected chi connectivity index (χ2v) is 7.71. The summed E-state index contributed by atoms with van der Waals surface area (Å²) in [6, 6.07) is 19.6. The number of carbonyl (C=O) groups is 2. The van der Waals surface area contributed by atoms with Gasteiger partial charge in [-0.1, -0.05) is 42.5 Å². The van der Waals surface area contributed by atoms with Crippen LogP contribution in [0.1, 0.15) is 28.1 Å². The van der Waals surface area contributed by atoms with Crippen LogP contribution in [0.5, 0.6) is 0 Å². The molecule has 0 spiro atoms. The molecule has 0 aliphatic heterocycles. The number of amides is 2. The van der Waals surface area contributed by atoms with E-state index in [-0.39, 0.29) is 24.1 Å². The Kier molecular flexibility index (Phi) is 8.11. The summed E-state index contributed by atoms with van der Waals surface area (Å²) in [4.78, 5) is 25.4. The molecule has 0 bridgehead atoms. The van der Waals surface area contributed by atoms with Crippen molar-refractivity contribution in [3.05, 3.63) is 83.0 Å². The monoisotopic (exact) mass is 426 g/mol. The van der Waals surface area contributed by atoms with E-state index >= 15 is 0 Å². The van der Waals surface area contributed by atoms with Crippen molar-refractivity contribution in [2.75, 3.05) is 13.2 Å². The third kappa shape index (κ3) is 6.79. The molecule has 156 valence electrons. The SMILES string of the molecule is O=C(CCCOCCc1ccccc1)NNC(=O)c1ccc(-c2ccc(F)cc2)s1. The van der Waals surface area contributed by atoms with Crippen molar-refractivity contribution in [2.45, 2.75) is 19.3 Å². The number of hydrazine groups is 1. The van der Waals surface area contributed by atoms with Gasteiger partial charge < -0.3 is 4.74 Å². The predicted octanol–water partition coefficient (Wildman–Crippen LogP) is 4.35. The molecule has 0 atom stereocenters. The minimum atomic E-state index is -0.388. The van der Waals surface area contributed by atoms with E-state index in [0.717, 1.165) is 16.9 Å². The van der Waals surface area contributed by atoms with Crippen LogP contribution in [0.3, 0.4) is 0 Å². The molecule has 0 aliphatic rings. The summed E-state index contributed by atoms with van der Waals surface area (Å²) in [6.07, 6.45) is 1.67. The van der Waals surface area contributed by atoms with Crippen molar-refractivity contribution < 1.29 is 18.7 Å². The molecule has 7 heteroatoms. The van der Waals surface area contributed by atoms with Crippen LogP contribution in [0.4, 0.5) is 4.39 Å². The second kappa shape index (κ2) is 11.2. The van der Waals surface area contributed by atoms with Gasteiger partial charge in [-0.05, 0) is 48.2 Å². The highest BCUT2D eigenvalue weighted by Crippen LogP contribution is 2.28. The van der Waals surface area contributed by atoms with Gasteiger partial charge in [-0.3, -0.25) is 20.4 Å². The van der Waals surface area contributed by atoms with Crippen LogP contribution in [-0.4, -0.2) is 25.0 Å². The standard InChI is InChI=1S/C23H23FN2O3S/c24-19-10-8-18(9-11-19)20-12-13-21(30-20)23(28)26-25-22(27)7-4-15-29-16-14-17-5-2-1-3-6-17/h1-3,5-6,8-13H,4,7,14-16H2,(H,25,27)(H,26,28). The van der Waals surface area contributed by atoms with Crippen LogP contribution in [0.15, 0.2) is 66.7 Å². The van der Waals surface area contributed by atoms with E-state index in [1.165, 1.54) is 29.0 Å². The van der Waals surface area contributed by atoms with Crippen molar-refractivity contribution in [1.82, 2.24) is 10.9 Å². The van der Waals surface area contributed by atoms with Crippen LogP contribution in [-0.2, 0) is 16.0 Å². The first kappa shape index (κ1) is 21.7. The summed E-state index contributed by atoms with van der Waals surface area (Å²) in [6.45, 7) is 1.09. The molecule has 2 aromatic carbocycles. The highest BCUT2D eigenvalue weighted by molar-refractivity contribution is 7.17. The summed E-state index contributed by atoms with van der Waals surface area (Å²) < 4.78 is 18.6. The Hall–Kier alpha value is -3.03. The molecule has 0 saturated carbocycles. The molecule has 0 fully saturated rings. The molecule has 3 rings (SSSR count). The van der Waals surface area contributed by atoms with Gasteiger partial charge in [0.05, 0.1) is 11.5 Å². The Morgan fingerprint density at radius 3 is 2.43 bits per heavy atom. The Morgan fingerprint density at radius 2 is 1.67 bits per heavy atom. The molecular formula is C23H23FN2O3S. The van der Waals surface area contributed by atoms with Crippen LogP contribution in [0, 0.1) is 5.82 Å². The Labute approximate surface area is 178 Å². The summed E-state index contributed by atoms with van der Waals surface area (Å²) >= 11 is 1.27. The van der Waals surface area contributed by atoms with E-state index in [9.17, 15) is 14.0 Å². The predicted molar refractivity (Wildman–Crippen MR) is 116 cm³/mol. The Balaban J connectivity index is 1.32. The number of rotatable bonds is 9. The third-order valence-corrected chi connectivity index (χ3v) is 5.48. The fraction of sp³-hybridized carbons (Fsp3) is 0.217. The van der Waals surface area contributed by atoms with Crippen LogP contribution >= 0.6 is 11.3 Å². The zero-order valence-corrected chi connectivity index (χ0v) is 17.2. The highest BCUT2D eigenvalue weighted by Gasteiger charge is 2.11. The Morgan fingerprint density at radius 1 is 0.900 bits per heavy atom. The molecule has 0 unspecified atom stereocenters.